The average molecular weight is 232 g/mol. The number of hydrogen-bond acceptors (Lipinski definition) is 1. The van der Waals surface area contributed by atoms with Crippen molar-refractivity contribution in [2.75, 3.05) is 6.54 Å². The lowest BCUT2D eigenvalue weighted by Gasteiger charge is -2.11. The zero-order valence-electron chi connectivity index (χ0n) is 8.19. The van der Waals surface area contributed by atoms with E-state index < -0.39 is 11.6 Å². The molecule has 0 radical (unpaired) electrons. The predicted octanol–water partition coefficient (Wildman–Crippen LogP) is 2.91. The van der Waals surface area contributed by atoms with Gasteiger partial charge in [0.1, 0.15) is 0 Å². The van der Waals surface area contributed by atoms with E-state index >= 15 is 0 Å². The minimum absolute atomic E-state index is 0.0799. The van der Waals surface area contributed by atoms with Crippen LogP contribution >= 0.6 is 11.6 Å². The summed E-state index contributed by atoms with van der Waals surface area (Å²) in [6.07, 6.45) is 2.86. The van der Waals surface area contributed by atoms with Crippen LogP contribution in [0.2, 0.25) is 5.02 Å². The van der Waals surface area contributed by atoms with Gasteiger partial charge in [-0.3, -0.25) is 0 Å². The molecule has 1 nitrogen and oxygen atoms in total. The largest absolute Gasteiger partial charge is 0.314 e. The summed E-state index contributed by atoms with van der Waals surface area (Å²) in [5, 5.41) is 3.21. The van der Waals surface area contributed by atoms with Gasteiger partial charge in [0.05, 0.1) is 5.02 Å². The molecule has 1 unspecified atom stereocenters. The fraction of sp³-hybridized carbons (Fsp3) is 0.455. The molecule has 1 aliphatic heterocycles. The van der Waals surface area contributed by atoms with E-state index in [4.69, 9.17) is 11.6 Å². The Balaban J connectivity index is 2.17. The van der Waals surface area contributed by atoms with Gasteiger partial charge in [0, 0.05) is 6.04 Å². The van der Waals surface area contributed by atoms with Crippen molar-refractivity contribution < 1.29 is 8.78 Å². The second kappa shape index (κ2) is 4.45. The molecule has 0 amide bonds. The van der Waals surface area contributed by atoms with Crippen LogP contribution in [0.3, 0.4) is 0 Å². The summed E-state index contributed by atoms with van der Waals surface area (Å²) in [6.45, 7) is 0.992. The first-order chi connectivity index (χ1) is 7.18. The van der Waals surface area contributed by atoms with Crippen LogP contribution in [0.25, 0.3) is 0 Å². The number of hydrogen-bond donors (Lipinski definition) is 1. The van der Waals surface area contributed by atoms with Gasteiger partial charge in [-0.1, -0.05) is 17.7 Å². The van der Waals surface area contributed by atoms with E-state index in [0.717, 1.165) is 25.5 Å². The summed E-state index contributed by atoms with van der Waals surface area (Å²) >= 11 is 5.73. The van der Waals surface area contributed by atoms with Crippen molar-refractivity contribution >= 4 is 11.6 Å². The van der Waals surface area contributed by atoms with Crippen molar-refractivity contribution in [3.8, 4) is 0 Å². The molecule has 1 saturated heterocycles. The van der Waals surface area contributed by atoms with Crippen molar-refractivity contribution in [2.24, 2.45) is 0 Å². The molecule has 1 fully saturated rings. The van der Waals surface area contributed by atoms with Crippen molar-refractivity contribution in [3.05, 3.63) is 34.4 Å². The van der Waals surface area contributed by atoms with E-state index in [-0.39, 0.29) is 5.02 Å². The third-order valence-corrected chi connectivity index (χ3v) is 3.15. The van der Waals surface area contributed by atoms with Gasteiger partial charge in [-0.15, -0.1) is 0 Å². The predicted molar refractivity (Wildman–Crippen MR) is 56.1 cm³/mol. The lowest BCUT2D eigenvalue weighted by molar-refractivity contribution is 0.505. The molecule has 1 N–H and O–H groups in total. The molecule has 2 rings (SSSR count). The van der Waals surface area contributed by atoms with Crippen LogP contribution in [0.15, 0.2) is 12.1 Å². The van der Waals surface area contributed by atoms with Gasteiger partial charge >= 0.3 is 0 Å². The summed E-state index contributed by atoms with van der Waals surface area (Å²) in [7, 11) is 0. The maximum Gasteiger partial charge on any atom is 0.177 e. The fourth-order valence-electron chi connectivity index (χ4n) is 1.92. The second-order valence-corrected chi connectivity index (χ2v) is 4.21. The van der Waals surface area contributed by atoms with E-state index in [9.17, 15) is 8.78 Å². The fourth-order valence-corrected chi connectivity index (χ4v) is 2.15. The van der Waals surface area contributed by atoms with E-state index in [0.29, 0.717) is 18.0 Å². The highest BCUT2D eigenvalue weighted by Gasteiger charge is 2.18. The third-order valence-electron chi connectivity index (χ3n) is 2.74. The summed E-state index contributed by atoms with van der Waals surface area (Å²) in [5.41, 5.74) is 0.676. The number of halogens is 3. The molecule has 0 aromatic heterocycles. The maximum absolute atomic E-state index is 13.1. The van der Waals surface area contributed by atoms with E-state index in [2.05, 4.69) is 5.32 Å². The number of nitrogens with one attached hydrogen (secondary N) is 1. The molecule has 0 bridgehead atoms. The summed E-state index contributed by atoms with van der Waals surface area (Å²) < 4.78 is 25.9. The zero-order valence-corrected chi connectivity index (χ0v) is 8.95. The minimum Gasteiger partial charge on any atom is -0.314 e. The first kappa shape index (κ1) is 10.8. The van der Waals surface area contributed by atoms with Gasteiger partial charge in [-0.05, 0) is 37.4 Å². The van der Waals surface area contributed by atoms with Crippen LogP contribution < -0.4 is 5.32 Å². The second-order valence-electron chi connectivity index (χ2n) is 3.83. The summed E-state index contributed by atoms with van der Waals surface area (Å²) in [4.78, 5) is 0. The molecule has 1 aromatic carbocycles. The molecule has 4 heteroatoms. The Bertz CT molecular complexity index is 362. The van der Waals surface area contributed by atoms with Gasteiger partial charge in [0.2, 0.25) is 0 Å². The lowest BCUT2D eigenvalue weighted by atomic mass is 10.0. The lowest BCUT2D eigenvalue weighted by Crippen LogP contribution is -2.23. The smallest absolute Gasteiger partial charge is 0.177 e. The topological polar surface area (TPSA) is 12.0 Å². The van der Waals surface area contributed by atoms with Crippen LogP contribution in [-0.2, 0) is 6.42 Å². The summed E-state index contributed by atoms with van der Waals surface area (Å²) in [6, 6.07) is 3.03. The standard InChI is InChI=1S/C11H12ClF2N/c12-10-7(3-4-9(13)11(10)14)6-8-2-1-5-15-8/h3-4,8,15H,1-2,5-6H2. The van der Waals surface area contributed by atoms with Gasteiger partial charge in [-0.2, -0.15) is 0 Å². The van der Waals surface area contributed by atoms with Gasteiger partial charge in [0.15, 0.2) is 11.6 Å². The van der Waals surface area contributed by atoms with Crippen LogP contribution in [0.1, 0.15) is 18.4 Å². The van der Waals surface area contributed by atoms with Crippen molar-refractivity contribution in [2.45, 2.75) is 25.3 Å². The highest BCUT2D eigenvalue weighted by molar-refractivity contribution is 6.31. The molecule has 1 heterocycles. The Hall–Kier alpha value is -0.670. The number of benzene rings is 1. The summed E-state index contributed by atoms with van der Waals surface area (Å²) in [5.74, 6) is -1.82. The molecular weight excluding hydrogens is 220 g/mol. The molecule has 15 heavy (non-hydrogen) atoms. The quantitative estimate of drug-likeness (QED) is 0.772. The maximum atomic E-state index is 13.1. The normalized spacial score (nSPS) is 20.9. The highest BCUT2D eigenvalue weighted by atomic mass is 35.5. The van der Waals surface area contributed by atoms with Crippen LogP contribution in [0.5, 0.6) is 0 Å². The van der Waals surface area contributed by atoms with E-state index in [1.165, 1.54) is 0 Å². The Morgan fingerprint density at radius 1 is 1.40 bits per heavy atom. The van der Waals surface area contributed by atoms with Gasteiger partial charge in [0.25, 0.3) is 0 Å². The van der Waals surface area contributed by atoms with Crippen LogP contribution in [0, 0.1) is 11.6 Å². The molecule has 0 aliphatic carbocycles. The van der Waals surface area contributed by atoms with Crippen molar-refractivity contribution in [1.29, 1.82) is 0 Å². The van der Waals surface area contributed by atoms with Crippen molar-refractivity contribution in [1.82, 2.24) is 5.32 Å². The van der Waals surface area contributed by atoms with Crippen LogP contribution in [0.4, 0.5) is 8.78 Å². The monoisotopic (exact) mass is 231 g/mol. The molecule has 1 aromatic rings. The average Bonchev–Trinajstić information content (AvgIpc) is 2.72. The Labute approximate surface area is 92.4 Å². The van der Waals surface area contributed by atoms with Crippen molar-refractivity contribution in [3.63, 3.8) is 0 Å². The molecule has 0 spiro atoms. The number of rotatable bonds is 2. The molecule has 1 atom stereocenters. The van der Waals surface area contributed by atoms with E-state index in [1.807, 2.05) is 0 Å². The Kier molecular flexibility index (Phi) is 3.22. The third kappa shape index (κ3) is 2.29. The first-order valence-electron chi connectivity index (χ1n) is 5.04. The Morgan fingerprint density at radius 3 is 2.87 bits per heavy atom. The zero-order chi connectivity index (χ0) is 10.8. The highest BCUT2D eigenvalue weighted by Crippen LogP contribution is 2.24. The molecule has 0 saturated carbocycles. The molecule has 82 valence electrons. The Morgan fingerprint density at radius 2 is 2.20 bits per heavy atom. The van der Waals surface area contributed by atoms with E-state index in [1.54, 1.807) is 6.07 Å². The minimum atomic E-state index is -0.938. The first-order valence-corrected chi connectivity index (χ1v) is 5.42. The van der Waals surface area contributed by atoms with Crippen LogP contribution in [-0.4, -0.2) is 12.6 Å². The molecule has 1 aliphatic rings. The molecular formula is C11H12ClF2N. The van der Waals surface area contributed by atoms with Gasteiger partial charge in [-0.25, -0.2) is 8.78 Å². The van der Waals surface area contributed by atoms with Gasteiger partial charge < -0.3 is 5.32 Å². The SMILES string of the molecule is Fc1ccc(CC2CCCN2)c(Cl)c1F.